The number of nitrogens with zero attached hydrogens (tertiary/aromatic N) is 1. The van der Waals surface area contributed by atoms with E-state index in [9.17, 15) is 0 Å². The Morgan fingerprint density at radius 2 is 1.66 bits per heavy atom. The second-order valence-corrected chi connectivity index (χ2v) is 8.06. The lowest BCUT2D eigenvalue weighted by Crippen LogP contribution is -2.31. The standard InChI is InChI=1S/C27H26NO/c1-17(2)15-19-13-14-28(4)23(16-19)25-18(3)20-9-5-6-10-21(20)27-26(25)22-11-7-8-12-24(22)29-27/h5-14,16-17H,15H2,1-4H3/q+1/i15D2. The molecule has 0 aliphatic rings. The molecule has 0 amide bonds. The largest absolute Gasteiger partial charge is 0.455 e. The van der Waals surface area contributed by atoms with Gasteiger partial charge in [0.15, 0.2) is 6.20 Å². The van der Waals surface area contributed by atoms with E-state index in [2.05, 4.69) is 35.8 Å². The Morgan fingerprint density at radius 1 is 0.966 bits per heavy atom. The van der Waals surface area contributed by atoms with Crippen molar-refractivity contribution in [2.45, 2.75) is 27.1 Å². The molecule has 2 nitrogen and oxygen atoms in total. The van der Waals surface area contributed by atoms with Gasteiger partial charge in [0.1, 0.15) is 18.2 Å². The number of hydrogen-bond donors (Lipinski definition) is 0. The highest BCUT2D eigenvalue weighted by Crippen LogP contribution is 2.42. The van der Waals surface area contributed by atoms with Gasteiger partial charge in [-0.25, -0.2) is 4.57 Å². The molecule has 0 atom stereocenters. The molecule has 0 N–H and O–H groups in total. The molecule has 2 heteroatoms. The third kappa shape index (κ3) is 2.82. The summed E-state index contributed by atoms with van der Waals surface area (Å²) in [4.78, 5) is 0. The average Bonchev–Trinajstić information content (AvgIpc) is 3.14. The maximum atomic E-state index is 8.64. The Hall–Kier alpha value is -3.13. The van der Waals surface area contributed by atoms with Gasteiger partial charge in [-0.3, -0.25) is 0 Å². The van der Waals surface area contributed by atoms with Crippen LogP contribution in [-0.4, -0.2) is 0 Å². The summed E-state index contributed by atoms with van der Waals surface area (Å²) >= 11 is 0. The van der Waals surface area contributed by atoms with Crippen LogP contribution in [0.1, 0.15) is 27.7 Å². The molecule has 5 rings (SSSR count). The third-order valence-corrected chi connectivity index (χ3v) is 5.66. The van der Waals surface area contributed by atoms with Gasteiger partial charge in [0.2, 0.25) is 5.69 Å². The van der Waals surface area contributed by atoms with Gasteiger partial charge >= 0.3 is 0 Å². The Labute approximate surface area is 174 Å². The number of furan rings is 1. The monoisotopic (exact) mass is 382 g/mol. The molecule has 0 saturated carbocycles. The van der Waals surface area contributed by atoms with E-state index in [1.807, 2.05) is 63.5 Å². The predicted molar refractivity (Wildman–Crippen MR) is 121 cm³/mol. The zero-order chi connectivity index (χ0) is 21.9. The Balaban J connectivity index is 1.96. The van der Waals surface area contributed by atoms with Crippen molar-refractivity contribution >= 4 is 32.7 Å². The summed E-state index contributed by atoms with van der Waals surface area (Å²) in [6, 6.07) is 20.4. The first-order valence-corrected chi connectivity index (χ1v) is 10.1. The summed E-state index contributed by atoms with van der Waals surface area (Å²) in [7, 11) is 2.02. The van der Waals surface area contributed by atoms with Crippen molar-refractivity contribution in [1.29, 1.82) is 0 Å². The fourth-order valence-electron chi connectivity index (χ4n) is 4.38. The molecule has 2 aromatic heterocycles. The van der Waals surface area contributed by atoms with Crippen molar-refractivity contribution < 1.29 is 11.7 Å². The predicted octanol–water partition coefficient (Wildman–Crippen LogP) is 6.74. The summed E-state index contributed by atoms with van der Waals surface area (Å²) in [5, 5.41) is 4.43. The molecule has 144 valence electrons. The van der Waals surface area contributed by atoms with Crippen LogP contribution in [-0.2, 0) is 13.4 Å². The summed E-state index contributed by atoms with van der Waals surface area (Å²) in [6.45, 7) is 6.01. The summed E-state index contributed by atoms with van der Waals surface area (Å²) in [5.74, 6) is -0.125. The average molecular weight is 383 g/mol. The van der Waals surface area contributed by atoms with Crippen molar-refractivity contribution in [3.8, 4) is 11.3 Å². The van der Waals surface area contributed by atoms with Crippen molar-refractivity contribution in [3.05, 3.63) is 78.0 Å². The first-order chi connectivity index (χ1) is 14.8. The van der Waals surface area contributed by atoms with E-state index in [1.165, 1.54) is 5.56 Å². The number of rotatable bonds is 3. The van der Waals surface area contributed by atoms with Crippen LogP contribution in [0, 0.1) is 12.8 Å². The van der Waals surface area contributed by atoms with E-state index in [1.54, 1.807) is 0 Å². The Morgan fingerprint density at radius 3 is 2.41 bits per heavy atom. The number of benzene rings is 3. The van der Waals surface area contributed by atoms with Crippen molar-refractivity contribution in [2.75, 3.05) is 0 Å². The molecule has 0 radical (unpaired) electrons. The van der Waals surface area contributed by atoms with E-state index >= 15 is 0 Å². The van der Waals surface area contributed by atoms with Crippen LogP contribution in [0.5, 0.6) is 0 Å². The summed E-state index contributed by atoms with van der Waals surface area (Å²) in [6.07, 6.45) is 0.555. The van der Waals surface area contributed by atoms with Crippen molar-refractivity contribution in [1.82, 2.24) is 0 Å². The number of hydrogen-bond acceptors (Lipinski definition) is 1. The van der Waals surface area contributed by atoms with Gasteiger partial charge in [-0.1, -0.05) is 56.3 Å². The van der Waals surface area contributed by atoms with E-state index in [0.717, 1.165) is 44.0 Å². The lowest BCUT2D eigenvalue weighted by atomic mass is 9.91. The second kappa shape index (κ2) is 6.73. The highest BCUT2D eigenvalue weighted by atomic mass is 16.3. The summed E-state index contributed by atoms with van der Waals surface area (Å²) < 4.78 is 25.7. The van der Waals surface area contributed by atoms with E-state index in [0.29, 0.717) is 5.56 Å². The van der Waals surface area contributed by atoms with Crippen molar-refractivity contribution in [2.24, 2.45) is 13.0 Å². The van der Waals surface area contributed by atoms with Crippen LogP contribution in [0.2, 0.25) is 0 Å². The van der Waals surface area contributed by atoms with E-state index < -0.39 is 6.37 Å². The molecule has 0 fully saturated rings. The molecule has 0 saturated heterocycles. The molecule has 5 aromatic rings. The molecule has 0 unspecified atom stereocenters. The second-order valence-electron chi connectivity index (χ2n) is 8.06. The minimum atomic E-state index is -1.41. The number of pyridine rings is 1. The van der Waals surface area contributed by atoms with E-state index in [4.69, 9.17) is 7.16 Å². The molecule has 2 heterocycles. The number of aryl methyl sites for hydroxylation is 2. The maximum Gasteiger partial charge on any atom is 0.213 e. The molecule has 0 aliphatic heterocycles. The molecular formula is C27H26NO+. The summed E-state index contributed by atoms with van der Waals surface area (Å²) in [5.41, 5.74) is 5.71. The zero-order valence-corrected chi connectivity index (χ0v) is 17.3. The number of fused-ring (bicyclic) bond motifs is 5. The van der Waals surface area contributed by atoms with Gasteiger partial charge in [-0.15, -0.1) is 0 Å². The van der Waals surface area contributed by atoms with Crippen LogP contribution in [0.25, 0.3) is 44.0 Å². The molecule has 0 spiro atoms. The van der Waals surface area contributed by atoms with Gasteiger partial charge in [0.25, 0.3) is 0 Å². The van der Waals surface area contributed by atoms with E-state index in [-0.39, 0.29) is 5.92 Å². The molecular weight excluding hydrogens is 354 g/mol. The minimum Gasteiger partial charge on any atom is -0.455 e. The first-order valence-electron chi connectivity index (χ1n) is 11.1. The lowest BCUT2D eigenvalue weighted by Gasteiger charge is -2.12. The lowest BCUT2D eigenvalue weighted by molar-refractivity contribution is -0.660. The zero-order valence-electron chi connectivity index (χ0n) is 19.3. The van der Waals surface area contributed by atoms with Gasteiger partial charge in [0, 0.05) is 31.0 Å². The Kier molecular flexibility index (Phi) is 3.66. The fraction of sp³-hybridized carbons (Fsp3) is 0.222. The first kappa shape index (κ1) is 15.8. The topological polar surface area (TPSA) is 17.0 Å². The minimum absolute atomic E-state index is 0.125. The fourth-order valence-corrected chi connectivity index (χ4v) is 4.38. The third-order valence-electron chi connectivity index (χ3n) is 5.66. The van der Waals surface area contributed by atoms with Crippen molar-refractivity contribution in [3.63, 3.8) is 0 Å². The van der Waals surface area contributed by atoms with Crippen LogP contribution >= 0.6 is 0 Å². The van der Waals surface area contributed by atoms with Crippen LogP contribution in [0.3, 0.4) is 0 Å². The smallest absolute Gasteiger partial charge is 0.213 e. The van der Waals surface area contributed by atoms with Gasteiger partial charge < -0.3 is 4.42 Å². The molecule has 29 heavy (non-hydrogen) atoms. The molecule has 0 bridgehead atoms. The highest BCUT2D eigenvalue weighted by molar-refractivity contribution is 6.22. The van der Waals surface area contributed by atoms with Gasteiger partial charge in [-0.05, 0) is 41.8 Å². The van der Waals surface area contributed by atoms with Gasteiger partial charge in [0.05, 0.1) is 5.56 Å². The van der Waals surface area contributed by atoms with Gasteiger partial charge in [-0.2, -0.15) is 0 Å². The number of aromatic nitrogens is 1. The molecule has 3 aromatic carbocycles. The number of para-hydroxylation sites is 1. The van der Waals surface area contributed by atoms with Crippen LogP contribution < -0.4 is 4.57 Å². The normalized spacial score (nSPS) is 13.4. The Bertz CT molecular complexity index is 1460. The SMILES string of the molecule is [2H]C([2H])(c1cc[n+](C)c(-c2c(C)c3ccccc3c3oc4ccccc4c23)c1)C(C)C. The highest BCUT2D eigenvalue weighted by Gasteiger charge is 2.24. The quantitative estimate of drug-likeness (QED) is 0.316. The van der Waals surface area contributed by atoms with Crippen LogP contribution in [0.15, 0.2) is 71.3 Å². The molecule has 0 aliphatic carbocycles. The maximum absolute atomic E-state index is 8.64. The van der Waals surface area contributed by atoms with Crippen LogP contribution in [0.4, 0.5) is 0 Å².